The lowest BCUT2D eigenvalue weighted by Gasteiger charge is -2.23. The Kier molecular flexibility index (Phi) is 6.28. The molecule has 0 spiro atoms. The van der Waals surface area contributed by atoms with E-state index in [-0.39, 0.29) is 24.2 Å². The Hall–Kier alpha value is -2.69. The summed E-state index contributed by atoms with van der Waals surface area (Å²) in [4.78, 5) is 25.6. The molecule has 0 aliphatic carbocycles. The predicted octanol–water partition coefficient (Wildman–Crippen LogP) is 3.15. The van der Waals surface area contributed by atoms with Crippen molar-refractivity contribution in [3.8, 4) is 0 Å². The average Bonchev–Trinajstić information content (AvgIpc) is 2.55. The molecule has 2 rings (SSSR count). The van der Waals surface area contributed by atoms with E-state index in [1.165, 1.54) is 17.9 Å². The molecule has 0 aromatic heterocycles. The molecule has 4 nitrogen and oxygen atoms in total. The van der Waals surface area contributed by atoms with Crippen LogP contribution in [0.4, 0.5) is 10.1 Å². The monoisotopic (exact) mass is 342 g/mol. The Labute approximate surface area is 147 Å². The zero-order valence-corrected chi connectivity index (χ0v) is 14.8. The number of aryl methyl sites for hydroxylation is 2. The van der Waals surface area contributed by atoms with Crippen LogP contribution >= 0.6 is 0 Å². The molecule has 0 fully saturated rings. The predicted molar refractivity (Wildman–Crippen MR) is 97.1 cm³/mol. The minimum Gasteiger partial charge on any atom is -0.354 e. The molecule has 0 aliphatic heterocycles. The van der Waals surface area contributed by atoms with E-state index >= 15 is 0 Å². The number of anilines is 1. The van der Waals surface area contributed by atoms with Crippen LogP contribution in [-0.4, -0.2) is 24.9 Å². The molecular formula is C20H23FN2O2. The van der Waals surface area contributed by atoms with Crippen LogP contribution in [0.5, 0.6) is 0 Å². The third-order valence-corrected chi connectivity index (χ3v) is 4.00. The molecule has 2 amide bonds. The normalized spacial score (nSPS) is 10.4. The average molecular weight is 342 g/mol. The largest absolute Gasteiger partial charge is 0.354 e. The van der Waals surface area contributed by atoms with E-state index in [0.717, 1.165) is 16.8 Å². The van der Waals surface area contributed by atoms with Crippen molar-refractivity contribution in [3.05, 3.63) is 65.0 Å². The van der Waals surface area contributed by atoms with Gasteiger partial charge in [0, 0.05) is 19.2 Å². The number of rotatable bonds is 6. The molecule has 0 bridgehead atoms. The highest BCUT2D eigenvalue weighted by molar-refractivity contribution is 5.98. The molecule has 0 heterocycles. The fourth-order valence-electron chi connectivity index (χ4n) is 2.71. The number of carbonyl (C=O) groups is 2. The van der Waals surface area contributed by atoms with Crippen molar-refractivity contribution in [1.82, 2.24) is 5.32 Å². The molecule has 0 radical (unpaired) electrons. The van der Waals surface area contributed by atoms with Gasteiger partial charge in [0.15, 0.2) is 0 Å². The number of carbonyl (C=O) groups excluding carboxylic acids is 2. The van der Waals surface area contributed by atoms with Crippen LogP contribution in [0.2, 0.25) is 0 Å². The second kappa shape index (κ2) is 8.42. The zero-order valence-electron chi connectivity index (χ0n) is 14.8. The second-order valence-electron chi connectivity index (χ2n) is 6.09. The molecule has 2 aromatic carbocycles. The van der Waals surface area contributed by atoms with Gasteiger partial charge in [-0.3, -0.25) is 9.59 Å². The second-order valence-corrected chi connectivity index (χ2v) is 6.09. The van der Waals surface area contributed by atoms with Gasteiger partial charge in [-0.15, -0.1) is 0 Å². The summed E-state index contributed by atoms with van der Waals surface area (Å²) < 4.78 is 13.6. The maximum Gasteiger partial charge on any atom is 0.240 e. The topological polar surface area (TPSA) is 49.4 Å². The van der Waals surface area contributed by atoms with Gasteiger partial charge in [0.2, 0.25) is 11.8 Å². The number of hydrogen-bond acceptors (Lipinski definition) is 2. The third kappa shape index (κ3) is 5.14. The van der Waals surface area contributed by atoms with E-state index in [0.29, 0.717) is 18.5 Å². The zero-order chi connectivity index (χ0) is 18.4. The van der Waals surface area contributed by atoms with Crippen LogP contribution < -0.4 is 10.2 Å². The third-order valence-electron chi connectivity index (χ3n) is 4.00. The molecule has 25 heavy (non-hydrogen) atoms. The smallest absolute Gasteiger partial charge is 0.240 e. The fraction of sp³-hybridized carbons (Fsp3) is 0.300. The number of amides is 2. The fourth-order valence-corrected chi connectivity index (χ4v) is 2.71. The van der Waals surface area contributed by atoms with Gasteiger partial charge in [0.1, 0.15) is 12.4 Å². The first kappa shape index (κ1) is 18.6. The Balaban J connectivity index is 1.96. The van der Waals surface area contributed by atoms with Gasteiger partial charge in [-0.05, 0) is 43.5 Å². The summed E-state index contributed by atoms with van der Waals surface area (Å²) >= 11 is 0. The molecule has 2 aromatic rings. The maximum atomic E-state index is 13.6. The van der Waals surface area contributed by atoms with Crippen LogP contribution in [0.1, 0.15) is 23.6 Å². The van der Waals surface area contributed by atoms with Crippen LogP contribution in [0.15, 0.2) is 42.5 Å². The quantitative estimate of drug-likeness (QED) is 0.877. The van der Waals surface area contributed by atoms with Crippen molar-refractivity contribution in [1.29, 1.82) is 0 Å². The van der Waals surface area contributed by atoms with Crippen molar-refractivity contribution in [2.45, 2.75) is 27.2 Å². The number of nitrogens with one attached hydrogen (secondary N) is 1. The minimum absolute atomic E-state index is 0.0590. The Morgan fingerprint density at radius 1 is 1.12 bits per heavy atom. The molecule has 0 saturated carbocycles. The summed E-state index contributed by atoms with van der Waals surface area (Å²) in [6, 6.07) is 12.2. The number of nitrogens with zero attached hydrogens (tertiary/aromatic N) is 1. The summed E-state index contributed by atoms with van der Waals surface area (Å²) in [5.41, 5.74) is 3.32. The highest BCUT2D eigenvalue weighted by Gasteiger charge is 2.17. The molecule has 132 valence electrons. The van der Waals surface area contributed by atoms with Crippen molar-refractivity contribution >= 4 is 17.5 Å². The van der Waals surface area contributed by atoms with Crippen LogP contribution in [0.25, 0.3) is 0 Å². The molecule has 0 atom stereocenters. The van der Waals surface area contributed by atoms with E-state index < -0.39 is 0 Å². The maximum absolute atomic E-state index is 13.6. The first-order chi connectivity index (χ1) is 11.9. The van der Waals surface area contributed by atoms with E-state index in [1.807, 2.05) is 32.0 Å². The summed E-state index contributed by atoms with van der Waals surface area (Å²) in [5, 5.41) is 2.74. The number of hydrogen-bond donors (Lipinski definition) is 1. The Bertz CT molecular complexity index is 774. The minimum atomic E-state index is -0.280. The SMILES string of the molecule is CC(=O)N(CC(=O)NCCc1ccccc1F)c1ccc(C)cc1C. The highest BCUT2D eigenvalue weighted by Crippen LogP contribution is 2.21. The lowest BCUT2D eigenvalue weighted by atomic mass is 10.1. The van der Waals surface area contributed by atoms with E-state index in [1.54, 1.807) is 18.2 Å². The lowest BCUT2D eigenvalue weighted by Crippen LogP contribution is -2.40. The molecule has 0 saturated heterocycles. The molecular weight excluding hydrogens is 319 g/mol. The van der Waals surface area contributed by atoms with Gasteiger partial charge in [-0.1, -0.05) is 35.9 Å². The first-order valence-electron chi connectivity index (χ1n) is 8.24. The van der Waals surface area contributed by atoms with E-state index in [9.17, 15) is 14.0 Å². The standard InChI is InChI=1S/C20H23FN2O2/c1-14-8-9-19(15(2)12-14)23(16(3)24)13-20(25)22-11-10-17-6-4-5-7-18(17)21/h4-9,12H,10-11,13H2,1-3H3,(H,22,25). The molecule has 0 unspecified atom stereocenters. The summed E-state index contributed by atoms with van der Waals surface area (Å²) in [7, 11) is 0. The van der Waals surface area contributed by atoms with Gasteiger partial charge in [-0.2, -0.15) is 0 Å². The molecule has 0 aliphatic rings. The Morgan fingerprint density at radius 2 is 1.84 bits per heavy atom. The van der Waals surface area contributed by atoms with Crippen molar-refractivity contribution in [2.75, 3.05) is 18.0 Å². The van der Waals surface area contributed by atoms with E-state index in [2.05, 4.69) is 5.32 Å². The Morgan fingerprint density at radius 3 is 2.48 bits per heavy atom. The molecule has 5 heteroatoms. The van der Waals surface area contributed by atoms with Gasteiger partial charge in [0.25, 0.3) is 0 Å². The van der Waals surface area contributed by atoms with Gasteiger partial charge < -0.3 is 10.2 Å². The van der Waals surface area contributed by atoms with Crippen molar-refractivity contribution in [3.63, 3.8) is 0 Å². The summed E-state index contributed by atoms with van der Waals surface area (Å²) in [5.74, 6) is -0.750. The summed E-state index contributed by atoms with van der Waals surface area (Å²) in [6.07, 6.45) is 0.405. The van der Waals surface area contributed by atoms with Gasteiger partial charge in [0.05, 0.1) is 0 Å². The summed E-state index contributed by atoms with van der Waals surface area (Å²) in [6.45, 7) is 5.58. The highest BCUT2D eigenvalue weighted by atomic mass is 19.1. The van der Waals surface area contributed by atoms with Gasteiger partial charge in [-0.25, -0.2) is 4.39 Å². The molecule has 1 N–H and O–H groups in total. The van der Waals surface area contributed by atoms with E-state index in [4.69, 9.17) is 0 Å². The van der Waals surface area contributed by atoms with Gasteiger partial charge >= 0.3 is 0 Å². The number of benzene rings is 2. The van der Waals surface area contributed by atoms with Crippen LogP contribution in [-0.2, 0) is 16.0 Å². The van der Waals surface area contributed by atoms with Crippen LogP contribution in [0, 0.1) is 19.7 Å². The van der Waals surface area contributed by atoms with Crippen molar-refractivity contribution < 1.29 is 14.0 Å². The van der Waals surface area contributed by atoms with Crippen LogP contribution in [0.3, 0.4) is 0 Å². The first-order valence-corrected chi connectivity index (χ1v) is 8.24. The van der Waals surface area contributed by atoms with Crippen molar-refractivity contribution in [2.24, 2.45) is 0 Å². The number of halogens is 1. The lowest BCUT2D eigenvalue weighted by molar-refractivity contribution is -0.123.